The summed E-state index contributed by atoms with van der Waals surface area (Å²) in [4.78, 5) is 28.2. The van der Waals surface area contributed by atoms with Crippen LogP contribution in [0.25, 0.3) is 11.3 Å². The van der Waals surface area contributed by atoms with Gasteiger partial charge in [0, 0.05) is 16.6 Å². The molecule has 8 nitrogen and oxygen atoms in total. The van der Waals surface area contributed by atoms with Crippen LogP contribution in [0.15, 0.2) is 75.6 Å². The molecule has 0 spiro atoms. The number of aromatic nitrogens is 1. The average Bonchev–Trinajstić information content (AvgIpc) is 3.53. The molecule has 0 saturated heterocycles. The maximum absolute atomic E-state index is 12.9. The van der Waals surface area contributed by atoms with Gasteiger partial charge in [-0.2, -0.15) is 18.3 Å². The summed E-state index contributed by atoms with van der Waals surface area (Å²) in [5.74, 6) is 0.119. The van der Waals surface area contributed by atoms with Gasteiger partial charge in [-0.25, -0.2) is 15.2 Å². The molecule has 2 aromatic heterocycles. The molecule has 196 valence electrons. The second-order valence-electron chi connectivity index (χ2n) is 7.82. The molecule has 2 N–H and O–H groups in total. The van der Waals surface area contributed by atoms with Gasteiger partial charge < -0.3 is 14.5 Å². The number of halogens is 3. The number of nitrogens with one attached hydrogen (secondary N) is 2. The van der Waals surface area contributed by atoms with Crippen molar-refractivity contribution in [3.8, 4) is 11.3 Å². The number of carbonyl (C=O) groups excluding carboxylic acids is 2. The lowest BCUT2D eigenvalue weighted by molar-refractivity contribution is -0.137. The summed E-state index contributed by atoms with van der Waals surface area (Å²) in [6.45, 7) is 2.03. The number of hydrogen-bond acceptors (Lipinski definition) is 8. The van der Waals surface area contributed by atoms with Gasteiger partial charge >= 0.3 is 12.1 Å². The van der Waals surface area contributed by atoms with Gasteiger partial charge in [0.25, 0.3) is 0 Å². The predicted molar refractivity (Wildman–Crippen MR) is 136 cm³/mol. The fourth-order valence-corrected chi connectivity index (χ4v) is 4.01. The summed E-state index contributed by atoms with van der Waals surface area (Å²) in [5.41, 5.74) is 3.47. The molecule has 0 bridgehead atoms. The first-order valence-corrected chi connectivity index (χ1v) is 12.2. The summed E-state index contributed by atoms with van der Waals surface area (Å²) >= 11 is 1.16. The maximum atomic E-state index is 12.9. The van der Waals surface area contributed by atoms with Crippen LogP contribution in [0.3, 0.4) is 0 Å². The summed E-state index contributed by atoms with van der Waals surface area (Å²) < 4.78 is 49.3. The van der Waals surface area contributed by atoms with Gasteiger partial charge in [-0.1, -0.05) is 18.2 Å². The van der Waals surface area contributed by atoms with E-state index in [-0.39, 0.29) is 12.1 Å². The lowest BCUT2D eigenvalue weighted by Crippen LogP contribution is -2.19. The van der Waals surface area contributed by atoms with Crippen molar-refractivity contribution in [1.29, 1.82) is 0 Å². The number of carbonyl (C=O) groups is 2. The summed E-state index contributed by atoms with van der Waals surface area (Å²) in [7, 11) is 0. The van der Waals surface area contributed by atoms with Crippen molar-refractivity contribution in [1.82, 2.24) is 10.4 Å². The van der Waals surface area contributed by atoms with Crippen molar-refractivity contribution in [3.05, 3.63) is 88.6 Å². The minimum Gasteiger partial charge on any atom is -0.462 e. The Labute approximate surface area is 219 Å². The largest absolute Gasteiger partial charge is 0.462 e. The van der Waals surface area contributed by atoms with Crippen LogP contribution < -0.4 is 10.7 Å². The van der Waals surface area contributed by atoms with Crippen LogP contribution in [0.4, 0.5) is 24.0 Å². The second-order valence-corrected chi connectivity index (χ2v) is 8.68. The Morgan fingerprint density at radius 3 is 2.66 bits per heavy atom. The monoisotopic (exact) mass is 542 g/mol. The number of alkyl halides is 3. The van der Waals surface area contributed by atoms with E-state index >= 15 is 0 Å². The molecule has 0 aliphatic carbocycles. The van der Waals surface area contributed by atoms with Gasteiger partial charge in [0.2, 0.25) is 5.91 Å². The molecule has 0 saturated carbocycles. The highest BCUT2D eigenvalue weighted by atomic mass is 32.1. The molecule has 2 aromatic carbocycles. The fraction of sp³-hybridized carbons (Fsp3) is 0.154. The van der Waals surface area contributed by atoms with Gasteiger partial charge in [-0.05, 0) is 49.4 Å². The van der Waals surface area contributed by atoms with Crippen molar-refractivity contribution in [2.45, 2.75) is 19.5 Å². The van der Waals surface area contributed by atoms with Crippen LogP contribution in [-0.2, 0) is 22.1 Å². The number of furan rings is 1. The first-order chi connectivity index (χ1) is 18.2. The zero-order chi connectivity index (χ0) is 27.1. The summed E-state index contributed by atoms with van der Waals surface area (Å²) in [5, 5.41) is 8.68. The number of rotatable bonds is 9. The zero-order valence-electron chi connectivity index (χ0n) is 19.9. The maximum Gasteiger partial charge on any atom is 0.416 e. The van der Waals surface area contributed by atoms with E-state index in [1.165, 1.54) is 18.3 Å². The normalized spacial score (nSPS) is 11.5. The first-order valence-electron chi connectivity index (χ1n) is 11.3. The molecule has 12 heteroatoms. The summed E-state index contributed by atoms with van der Waals surface area (Å²) in [6.07, 6.45) is -3.18. The van der Waals surface area contributed by atoms with Crippen LogP contribution in [0.1, 0.15) is 34.3 Å². The Bertz CT molecular complexity index is 1450. The zero-order valence-corrected chi connectivity index (χ0v) is 20.7. The molecular weight excluding hydrogens is 521 g/mol. The Kier molecular flexibility index (Phi) is 8.22. The van der Waals surface area contributed by atoms with Crippen LogP contribution in [0.5, 0.6) is 0 Å². The van der Waals surface area contributed by atoms with Crippen molar-refractivity contribution >= 4 is 40.2 Å². The molecule has 2 heterocycles. The number of amides is 1. The van der Waals surface area contributed by atoms with Gasteiger partial charge in [0.1, 0.15) is 11.5 Å². The molecule has 1 amide bonds. The Balaban J connectivity index is 1.28. The minimum absolute atomic E-state index is 0.0751. The predicted octanol–water partition coefficient (Wildman–Crippen LogP) is 6.04. The Hall–Kier alpha value is -4.45. The van der Waals surface area contributed by atoms with E-state index in [9.17, 15) is 22.8 Å². The average molecular weight is 543 g/mol. The Morgan fingerprint density at radius 2 is 1.92 bits per heavy atom. The quantitative estimate of drug-likeness (QED) is 0.152. The van der Waals surface area contributed by atoms with Gasteiger partial charge in [0.15, 0.2) is 5.13 Å². The van der Waals surface area contributed by atoms with Crippen molar-refractivity contribution in [3.63, 3.8) is 0 Å². The van der Waals surface area contributed by atoms with E-state index < -0.39 is 23.6 Å². The lowest BCUT2D eigenvalue weighted by Gasteiger charge is -2.08. The summed E-state index contributed by atoms with van der Waals surface area (Å²) in [6, 6.07) is 14.9. The fourth-order valence-electron chi connectivity index (χ4n) is 3.28. The third-order valence-corrected chi connectivity index (χ3v) is 5.83. The van der Waals surface area contributed by atoms with Crippen LogP contribution in [-0.4, -0.2) is 29.7 Å². The van der Waals surface area contributed by atoms with E-state index in [1.54, 1.807) is 48.7 Å². The van der Waals surface area contributed by atoms with E-state index in [1.807, 2.05) is 0 Å². The molecule has 4 aromatic rings. The number of anilines is 2. The number of hydrogen-bond donors (Lipinski definition) is 2. The minimum atomic E-state index is -4.45. The molecule has 38 heavy (non-hydrogen) atoms. The standard InChI is InChI=1S/C26H21F3N4O4S/c1-2-36-24(35)17-8-6-16(7-9-17)22-11-10-21(37-22)14-30-33-23(34)13-20-15-38-25(32-20)31-19-5-3-4-18(12-19)26(27,28)29/h3-12,14-15H,2,13H2,1H3,(H,31,32)(H,33,34). The smallest absolute Gasteiger partial charge is 0.416 e. The Morgan fingerprint density at radius 1 is 1.13 bits per heavy atom. The molecule has 4 rings (SSSR count). The van der Waals surface area contributed by atoms with Crippen molar-refractivity contribution < 1.29 is 31.9 Å². The molecule has 0 aliphatic heterocycles. The highest BCUT2D eigenvalue weighted by molar-refractivity contribution is 7.13. The number of nitrogens with zero attached hydrogens (tertiary/aromatic N) is 2. The molecule has 0 fully saturated rings. The van der Waals surface area contributed by atoms with E-state index in [2.05, 4.69) is 20.8 Å². The van der Waals surface area contributed by atoms with E-state index in [0.29, 0.717) is 34.5 Å². The van der Waals surface area contributed by atoms with Crippen molar-refractivity contribution in [2.75, 3.05) is 11.9 Å². The number of hydrazone groups is 1. The molecule has 0 unspecified atom stereocenters. The second kappa shape index (κ2) is 11.7. The van der Waals surface area contributed by atoms with Crippen molar-refractivity contribution in [2.24, 2.45) is 5.10 Å². The topological polar surface area (TPSA) is 106 Å². The SMILES string of the molecule is CCOC(=O)c1ccc(-c2ccc(C=NNC(=O)Cc3csc(Nc4cccc(C(F)(F)F)c4)n3)o2)cc1. The van der Waals surface area contributed by atoms with Gasteiger partial charge in [-0.15, -0.1) is 11.3 Å². The van der Waals surface area contributed by atoms with Crippen LogP contribution in [0, 0.1) is 0 Å². The first kappa shape index (κ1) is 26.6. The van der Waals surface area contributed by atoms with Crippen LogP contribution >= 0.6 is 11.3 Å². The van der Waals surface area contributed by atoms with Gasteiger partial charge in [0.05, 0.1) is 36.1 Å². The lowest BCUT2D eigenvalue weighted by atomic mass is 10.1. The molecule has 0 radical (unpaired) electrons. The third-order valence-electron chi connectivity index (χ3n) is 5.02. The number of ether oxygens (including phenoxy) is 1. The van der Waals surface area contributed by atoms with E-state index in [4.69, 9.17) is 9.15 Å². The molecule has 0 aliphatic rings. The van der Waals surface area contributed by atoms with Gasteiger partial charge in [-0.3, -0.25) is 4.79 Å². The van der Waals surface area contributed by atoms with E-state index in [0.717, 1.165) is 29.0 Å². The molecular formula is C26H21F3N4O4S. The van der Waals surface area contributed by atoms with Crippen LogP contribution in [0.2, 0.25) is 0 Å². The highest BCUT2D eigenvalue weighted by Crippen LogP contribution is 2.32. The third kappa shape index (κ3) is 7.07. The number of thiazole rings is 1. The number of benzene rings is 2. The highest BCUT2D eigenvalue weighted by Gasteiger charge is 2.30. The molecule has 0 atom stereocenters. The number of esters is 1.